The van der Waals surface area contributed by atoms with Crippen molar-refractivity contribution in [2.24, 2.45) is 5.73 Å². The minimum absolute atomic E-state index is 0.278. The molecular weight excluding hydrogens is 156 g/mol. The highest BCUT2D eigenvalue weighted by atomic mass is 16.4. The standard InChI is InChI=1S/C6H7N.C2H5NO2/c1-3-5-7-6-4-2;3-1-2(4)5/h1-2,7H,5-6H2;1,3H2,(H,4,5). The van der Waals surface area contributed by atoms with Crippen LogP contribution in [0, 0.1) is 24.7 Å². The number of terminal acetylenes is 2. The van der Waals surface area contributed by atoms with Gasteiger partial charge in [-0.25, -0.2) is 0 Å². The van der Waals surface area contributed by atoms with Crippen molar-refractivity contribution in [3.05, 3.63) is 0 Å². The Labute approximate surface area is 72.1 Å². The molecule has 0 unspecified atom stereocenters. The average Bonchev–Trinajstić information content (AvgIpc) is 2.07. The van der Waals surface area contributed by atoms with Gasteiger partial charge in [-0.1, -0.05) is 11.8 Å². The SMILES string of the molecule is C#CCNCC#C.NCC(=O)O. The van der Waals surface area contributed by atoms with E-state index in [0.717, 1.165) is 0 Å². The van der Waals surface area contributed by atoms with Crippen molar-refractivity contribution in [2.75, 3.05) is 19.6 Å². The summed E-state index contributed by atoms with van der Waals surface area (Å²) < 4.78 is 0. The number of carboxylic acid groups (broad SMARTS) is 1. The summed E-state index contributed by atoms with van der Waals surface area (Å²) in [4.78, 5) is 9.24. The van der Waals surface area contributed by atoms with Crippen LogP contribution in [0.15, 0.2) is 0 Å². The van der Waals surface area contributed by atoms with Crippen LogP contribution in [0.4, 0.5) is 0 Å². The van der Waals surface area contributed by atoms with Crippen LogP contribution in [0.2, 0.25) is 0 Å². The third-order valence-corrected chi connectivity index (χ3v) is 0.629. The van der Waals surface area contributed by atoms with E-state index in [2.05, 4.69) is 22.9 Å². The summed E-state index contributed by atoms with van der Waals surface area (Å²) in [7, 11) is 0. The largest absolute Gasteiger partial charge is 0.480 e. The average molecular weight is 168 g/mol. The Hall–Kier alpha value is -1.49. The third-order valence-electron chi connectivity index (χ3n) is 0.629. The Morgan fingerprint density at radius 2 is 1.75 bits per heavy atom. The van der Waals surface area contributed by atoms with E-state index in [9.17, 15) is 4.79 Å². The second kappa shape index (κ2) is 12.2. The van der Waals surface area contributed by atoms with Crippen molar-refractivity contribution in [1.29, 1.82) is 0 Å². The number of rotatable bonds is 3. The van der Waals surface area contributed by atoms with E-state index in [1.54, 1.807) is 0 Å². The van der Waals surface area contributed by atoms with Gasteiger partial charge in [0.1, 0.15) is 0 Å². The van der Waals surface area contributed by atoms with Crippen LogP contribution < -0.4 is 11.1 Å². The van der Waals surface area contributed by atoms with Gasteiger partial charge in [0.15, 0.2) is 0 Å². The molecule has 0 saturated carbocycles. The third kappa shape index (κ3) is 23.6. The normalized spacial score (nSPS) is 6.92. The van der Waals surface area contributed by atoms with Gasteiger partial charge >= 0.3 is 5.97 Å². The molecule has 12 heavy (non-hydrogen) atoms. The molecule has 0 bridgehead atoms. The molecule has 0 aromatic heterocycles. The molecule has 0 radical (unpaired) electrons. The smallest absolute Gasteiger partial charge is 0.317 e. The summed E-state index contributed by atoms with van der Waals surface area (Å²) in [5.74, 6) is 3.82. The second-order valence-corrected chi connectivity index (χ2v) is 1.61. The van der Waals surface area contributed by atoms with Crippen LogP contribution >= 0.6 is 0 Å². The van der Waals surface area contributed by atoms with Gasteiger partial charge in [-0.3, -0.25) is 10.1 Å². The molecule has 0 fully saturated rings. The fourth-order valence-corrected chi connectivity index (χ4v) is 0.207. The molecule has 0 rings (SSSR count). The second-order valence-electron chi connectivity index (χ2n) is 1.61. The molecule has 4 N–H and O–H groups in total. The molecule has 0 amide bonds. The van der Waals surface area contributed by atoms with Gasteiger partial charge in [0.2, 0.25) is 0 Å². The van der Waals surface area contributed by atoms with Crippen LogP contribution in [0.3, 0.4) is 0 Å². The number of nitrogens with one attached hydrogen (secondary N) is 1. The van der Waals surface area contributed by atoms with E-state index < -0.39 is 5.97 Å². The summed E-state index contributed by atoms with van der Waals surface area (Å²) in [6, 6.07) is 0. The van der Waals surface area contributed by atoms with Gasteiger partial charge in [0, 0.05) is 0 Å². The monoisotopic (exact) mass is 168 g/mol. The highest BCUT2D eigenvalue weighted by Gasteiger charge is 1.81. The van der Waals surface area contributed by atoms with Gasteiger partial charge in [-0.2, -0.15) is 0 Å². The fraction of sp³-hybridized carbons (Fsp3) is 0.375. The maximum atomic E-state index is 9.24. The summed E-state index contributed by atoms with van der Waals surface area (Å²) in [5, 5.41) is 10.4. The minimum Gasteiger partial charge on any atom is -0.480 e. The number of hydrogen-bond donors (Lipinski definition) is 3. The molecule has 0 aliphatic heterocycles. The van der Waals surface area contributed by atoms with Gasteiger partial charge < -0.3 is 10.8 Å². The quantitative estimate of drug-likeness (QED) is 0.368. The van der Waals surface area contributed by atoms with Crippen molar-refractivity contribution in [3.8, 4) is 24.7 Å². The first-order chi connectivity index (χ1) is 5.68. The van der Waals surface area contributed by atoms with Crippen molar-refractivity contribution in [3.63, 3.8) is 0 Å². The molecule has 0 saturated heterocycles. The predicted octanol–water partition coefficient (Wildman–Crippen LogP) is -1.13. The first-order valence-electron chi connectivity index (χ1n) is 3.18. The molecule has 0 aromatic carbocycles. The zero-order valence-corrected chi connectivity index (χ0v) is 6.71. The Balaban J connectivity index is 0. The van der Waals surface area contributed by atoms with E-state index >= 15 is 0 Å². The Kier molecular flexibility index (Phi) is 13.4. The lowest BCUT2D eigenvalue weighted by molar-refractivity contribution is -0.135. The Bertz CT molecular complexity index is 174. The zero-order chi connectivity index (χ0) is 9.82. The number of carbonyl (C=O) groups is 1. The van der Waals surface area contributed by atoms with Crippen LogP contribution in [0.5, 0.6) is 0 Å². The summed E-state index contributed by atoms with van der Waals surface area (Å²) in [6.07, 6.45) is 9.78. The Morgan fingerprint density at radius 1 is 1.42 bits per heavy atom. The maximum absolute atomic E-state index is 9.24. The van der Waals surface area contributed by atoms with Gasteiger partial charge in [0.25, 0.3) is 0 Å². The van der Waals surface area contributed by atoms with Crippen LogP contribution in [-0.4, -0.2) is 30.7 Å². The van der Waals surface area contributed by atoms with Gasteiger partial charge in [-0.05, 0) is 0 Å². The number of nitrogens with two attached hydrogens (primary N) is 1. The van der Waals surface area contributed by atoms with Crippen LogP contribution in [0.1, 0.15) is 0 Å². The van der Waals surface area contributed by atoms with Crippen LogP contribution in [0.25, 0.3) is 0 Å². The molecule has 0 atom stereocenters. The lowest BCUT2D eigenvalue weighted by Crippen LogP contribution is -2.12. The number of aliphatic carboxylic acids is 1. The first-order valence-corrected chi connectivity index (χ1v) is 3.18. The van der Waals surface area contributed by atoms with Gasteiger partial charge in [0.05, 0.1) is 19.6 Å². The zero-order valence-electron chi connectivity index (χ0n) is 6.71. The van der Waals surface area contributed by atoms with Crippen molar-refractivity contribution in [1.82, 2.24) is 5.32 Å². The van der Waals surface area contributed by atoms with E-state index in [4.69, 9.17) is 18.0 Å². The molecule has 66 valence electrons. The predicted molar refractivity (Wildman–Crippen MR) is 47.2 cm³/mol. The molecule has 0 heterocycles. The molecule has 0 aliphatic carbocycles. The number of carboxylic acids is 1. The molecular formula is C8H12N2O2. The molecule has 4 nitrogen and oxygen atoms in total. The van der Waals surface area contributed by atoms with E-state index in [0.29, 0.717) is 13.1 Å². The lowest BCUT2D eigenvalue weighted by Gasteiger charge is -1.86. The highest BCUT2D eigenvalue weighted by molar-refractivity contribution is 5.68. The molecule has 0 aromatic rings. The van der Waals surface area contributed by atoms with Crippen molar-refractivity contribution < 1.29 is 9.90 Å². The fourth-order valence-electron chi connectivity index (χ4n) is 0.207. The van der Waals surface area contributed by atoms with E-state index in [1.807, 2.05) is 0 Å². The topological polar surface area (TPSA) is 75.3 Å². The molecule has 0 aliphatic rings. The van der Waals surface area contributed by atoms with Crippen LogP contribution in [-0.2, 0) is 4.79 Å². The number of hydrogen-bond acceptors (Lipinski definition) is 3. The van der Waals surface area contributed by atoms with Gasteiger partial charge in [-0.15, -0.1) is 12.8 Å². The summed E-state index contributed by atoms with van der Waals surface area (Å²) in [5.41, 5.74) is 4.57. The lowest BCUT2D eigenvalue weighted by atomic mass is 10.6. The minimum atomic E-state index is -0.968. The maximum Gasteiger partial charge on any atom is 0.317 e. The summed E-state index contributed by atoms with van der Waals surface area (Å²) in [6.45, 7) is 0.842. The highest BCUT2D eigenvalue weighted by Crippen LogP contribution is 1.50. The molecule has 4 heteroatoms. The van der Waals surface area contributed by atoms with Crippen molar-refractivity contribution in [2.45, 2.75) is 0 Å². The Morgan fingerprint density at radius 3 is 1.92 bits per heavy atom. The van der Waals surface area contributed by atoms with E-state index in [-0.39, 0.29) is 6.54 Å². The van der Waals surface area contributed by atoms with Crippen molar-refractivity contribution >= 4 is 5.97 Å². The first kappa shape index (κ1) is 13.1. The summed E-state index contributed by atoms with van der Waals surface area (Å²) >= 11 is 0. The molecule has 0 spiro atoms. The van der Waals surface area contributed by atoms with E-state index in [1.165, 1.54) is 0 Å².